The van der Waals surface area contributed by atoms with Gasteiger partial charge in [0.05, 0.1) is 23.1 Å². The molecule has 2 aromatic rings. The molecule has 2 saturated heterocycles. The second-order valence-corrected chi connectivity index (χ2v) is 7.30. The smallest absolute Gasteiger partial charge is 0.309 e. The van der Waals surface area contributed by atoms with Crippen molar-refractivity contribution >= 4 is 28.8 Å². The molecular weight excluding hydrogens is 336 g/mol. The number of carbonyl (C=O) groups is 1. The maximum atomic E-state index is 12.1. The Kier molecular flexibility index (Phi) is 4.39. The van der Waals surface area contributed by atoms with Crippen LogP contribution in [0.25, 0.3) is 11.0 Å². The fourth-order valence-electron chi connectivity index (χ4n) is 4.13. The van der Waals surface area contributed by atoms with E-state index in [-0.39, 0.29) is 12.1 Å². The van der Waals surface area contributed by atoms with Crippen LogP contribution < -0.4 is 10.6 Å². The fraction of sp³-hybridized carbons (Fsp3) is 0.647. The number of aromatic nitrogens is 4. The molecule has 0 amide bonds. The summed E-state index contributed by atoms with van der Waals surface area (Å²) in [6.07, 6.45) is 6.59. The van der Waals surface area contributed by atoms with E-state index in [0.717, 1.165) is 31.3 Å². The van der Waals surface area contributed by atoms with E-state index in [0.29, 0.717) is 43.8 Å². The van der Waals surface area contributed by atoms with Crippen molar-refractivity contribution < 1.29 is 14.6 Å². The highest BCUT2D eigenvalue weighted by atomic mass is 16.5. The lowest BCUT2D eigenvalue weighted by Crippen LogP contribution is -2.47. The van der Waals surface area contributed by atoms with Gasteiger partial charge in [0.2, 0.25) is 5.95 Å². The Balaban J connectivity index is 1.52. The molecule has 4 heterocycles. The van der Waals surface area contributed by atoms with Crippen LogP contribution in [0.5, 0.6) is 0 Å². The third-order valence-corrected chi connectivity index (χ3v) is 5.67. The first-order valence-electron chi connectivity index (χ1n) is 9.14. The van der Waals surface area contributed by atoms with Crippen molar-refractivity contribution in [2.75, 3.05) is 30.3 Å². The Labute approximate surface area is 150 Å². The number of H-pyrrole nitrogens is 1. The third kappa shape index (κ3) is 3.07. The number of nitrogens with one attached hydrogen (secondary N) is 1. The van der Waals surface area contributed by atoms with Gasteiger partial charge in [-0.1, -0.05) is 0 Å². The number of hydrogen-bond donors (Lipinski definition) is 3. The summed E-state index contributed by atoms with van der Waals surface area (Å²) >= 11 is 0. The number of carboxylic acid groups (broad SMARTS) is 1. The van der Waals surface area contributed by atoms with E-state index in [1.165, 1.54) is 0 Å². The van der Waals surface area contributed by atoms with Gasteiger partial charge in [0.25, 0.3) is 0 Å². The minimum atomic E-state index is -0.730. The first-order chi connectivity index (χ1) is 12.6. The highest BCUT2D eigenvalue weighted by Crippen LogP contribution is 2.40. The lowest BCUT2D eigenvalue weighted by atomic mass is 9.73. The van der Waals surface area contributed by atoms with Gasteiger partial charge in [-0.05, 0) is 38.5 Å². The van der Waals surface area contributed by atoms with Gasteiger partial charge < -0.3 is 20.5 Å². The fourth-order valence-corrected chi connectivity index (χ4v) is 4.13. The number of aromatic amines is 1. The number of nitrogen functional groups attached to an aromatic ring is 1. The predicted octanol–water partition coefficient (Wildman–Crippen LogP) is 1.57. The predicted molar refractivity (Wildman–Crippen MR) is 95.8 cm³/mol. The van der Waals surface area contributed by atoms with Crippen molar-refractivity contribution in [3.8, 4) is 0 Å². The normalized spacial score (nSPS) is 23.2. The molecule has 1 atom stereocenters. The maximum absolute atomic E-state index is 12.1. The number of hydrogen-bond acceptors (Lipinski definition) is 7. The van der Waals surface area contributed by atoms with Crippen molar-refractivity contribution in [3.05, 3.63) is 6.20 Å². The molecular formula is C17H24N6O3. The summed E-state index contributed by atoms with van der Waals surface area (Å²) in [7, 11) is 0. The molecule has 2 fully saturated rings. The Bertz CT molecular complexity index is 793. The van der Waals surface area contributed by atoms with Gasteiger partial charge in [0, 0.05) is 19.7 Å². The van der Waals surface area contributed by atoms with Crippen LogP contribution in [0.2, 0.25) is 0 Å². The number of ether oxygens (including phenoxy) is 1. The van der Waals surface area contributed by atoms with E-state index in [1.807, 2.05) is 0 Å². The van der Waals surface area contributed by atoms with Crippen molar-refractivity contribution in [1.82, 2.24) is 20.2 Å². The molecule has 0 aromatic carbocycles. The molecule has 26 heavy (non-hydrogen) atoms. The monoisotopic (exact) mass is 360 g/mol. The van der Waals surface area contributed by atoms with Crippen LogP contribution in [0, 0.1) is 5.41 Å². The number of fused-ring (bicyclic) bond motifs is 1. The van der Waals surface area contributed by atoms with Gasteiger partial charge in [-0.2, -0.15) is 15.1 Å². The van der Waals surface area contributed by atoms with E-state index in [9.17, 15) is 9.90 Å². The zero-order valence-electron chi connectivity index (χ0n) is 14.6. The highest BCUT2D eigenvalue weighted by Gasteiger charge is 2.44. The average Bonchev–Trinajstić information content (AvgIpc) is 3.11. The van der Waals surface area contributed by atoms with Crippen LogP contribution >= 0.6 is 0 Å². The minimum Gasteiger partial charge on any atom is -0.481 e. The number of aliphatic carboxylic acids is 1. The number of carboxylic acids is 1. The van der Waals surface area contributed by atoms with Crippen molar-refractivity contribution in [1.29, 1.82) is 0 Å². The summed E-state index contributed by atoms with van der Waals surface area (Å²) in [5.41, 5.74) is 5.67. The van der Waals surface area contributed by atoms with E-state index >= 15 is 0 Å². The molecule has 2 aliphatic rings. The summed E-state index contributed by atoms with van der Waals surface area (Å²) < 4.78 is 5.80. The Morgan fingerprint density at radius 1 is 1.38 bits per heavy atom. The molecule has 9 heteroatoms. The SMILES string of the molecule is Nc1nc(N2CCC(C[C@H]3CCCCO3)(C(=O)O)CC2)c2cn[nH]c2n1. The van der Waals surface area contributed by atoms with Crippen LogP contribution in [0.15, 0.2) is 6.20 Å². The number of piperidine rings is 1. The topological polar surface area (TPSA) is 130 Å². The summed E-state index contributed by atoms with van der Waals surface area (Å²) in [6, 6.07) is 0. The molecule has 2 aliphatic heterocycles. The van der Waals surface area contributed by atoms with E-state index in [2.05, 4.69) is 25.1 Å². The third-order valence-electron chi connectivity index (χ3n) is 5.67. The van der Waals surface area contributed by atoms with Gasteiger partial charge in [-0.3, -0.25) is 9.89 Å². The van der Waals surface area contributed by atoms with E-state index in [4.69, 9.17) is 10.5 Å². The standard InChI is InChI=1S/C17H24N6O3/c18-16-20-13-12(10-19-22-13)14(21-16)23-6-4-17(5-7-23,15(24)25)9-11-3-1-2-8-26-11/h10-11H,1-9H2,(H,24,25)(H3,18,19,20,21,22)/t11-/m1/s1. The Hall–Kier alpha value is -2.42. The summed E-state index contributed by atoms with van der Waals surface area (Å²) in [5.74, 6) is 0.179. The summed E-state index contributed by atoms with van der Waals surface area (Å²) in [6.45, 7) is 1.96. The molecule has 2 aromatic heterocycles. The zero-order valence-corrected chi connectivity index (χ0v) is 14.6. The molecule has 0 unspecified atom stereocenters. The van der Waals surface area contributed by atoms with Gasteiger partial charge in [0.1, 0.15) is 5.82 Å². The maximum Gasteiger partial charge on any atom is 0.309 e. The van der Waals surface area contributed by atoms with Gasteiger partial charge in [-0.15, -0.1) is 0 Å². The lowest BCUT2D eigenvalue weighted by molar-refractivity contribution is -0.154. The van der Waals surface area contributed by atoms with Crippen molar-refractivity contribution in [3.63, 3.8) is 0 Å². The molecule has 9 nitrogen and oxygen atoms in total. The second kappa shape index (κ2) is 6.71. The number of nitrogens with zero attached hydrogens (tertiary/aromatic N) is 4. The van der Waals surface area contributed by atoms with Crippen LogP contribution in [-0.4, -0.2) is 57.0 Å². The quantitative estimate of drug-likeness (QED) is 0.749. The number of anilines is 2. The Morgan fingerprint density at radius 3 is 2.88 bits per heavy atom. The van der Waals surface area contributed by atoms with Crippen molar-refractivity contribution in [2.45, 2.75) is 44.6 Å². The number of rotatable bonds is 4. The van der Waals surface area contributed by atoms with Crippen LogP contribution in [0.3, 0.4) is 0 Å². The summed E-state index contributed by atoms with van der Waals surface area (Å²) in [4.78, 5) is 22.7. The van der Waals surface area contributed by atoms with Crippen LogP contribution in [0.1, 0.15) is 38.5 Å². The second-order valence-electron chi connectivity index (χ2n) is 7.30. The van der Waals surface area contributed by atoms with Gasteiger partial charge in [0.15, 0.2) is 5.65 Å². The minimum absolute atomic E-state index is 0.0571. The first-order valence-corrected chi connectivity index (χ1v) is 9.14. The van der Waals surface area contributed by atoms with Gasteiger partial charge in [-0.25, -0.2) is 0 Å². The van der Waals surface area contributed by atoms with Crippen LogP contribution in [-0.2, 0) is 9.53 Å². The summed E-state index contributed by atoms with van der Waals surface area (Å²) in [5, 5.41) is 17.5. The molecule has 4 rings (SSSR count). The zero-order chi connectivity index (χ0) is 18.1. The largest absolute Gasteiger partial charge is 0.481 e. The lowest BCUT2D eigenvalue weighted by Gasteiger charge is -2.41. The van der Waals surface area contributed by atoms with E-state index in [1.54, 1.807) is 6.20 Å². The molecule has 4 N–H and O–H groups in total. The Morgan fingerprint density at radius 2 is 2.19 bits per heavy atom. The van der Waals surface area contributed by atoms with E-state index < -0.39 is 11.4 Å². The molecule has 140 valence electrons. The molecule has 0 saturated carbocycles. The molecule has 0 spiro atoms. The van der Waals surface area contributed by atoms with Gasteiger partial charge >= 0.3 is 5.97 Å². The highest BCUT2D eigenvalue weighted by molar-refractivity contribution is 5.87. The number of nitrogens with two attached hydrogens (primary N) is 1. The first kappa shape index (κ1) is 17.0. The van der Waals surface area contributed by atoms with Crippen molar-refractivity contribution in [2.24, 2.45) is 5.41 Å². The average molecular weight is 360 g/mol. The molecule has 0 radical (unpaired) electrons. The van der Waals surface area contributed by atoms with Crippen LogP contribution in [0.4, 0.5) is 11.8 Å². The molecule has 0 aliphatic carbocycles. The molecule has 0 bridgehead atoms.